The summed E-state index contributed by atoms with van der Waals surface area (Å²) in [5.74, 6) is -0.368. The number of hydrogen-bond acceptors (Lipinski definition) is 4. The Morgan fingerprint density at radius 3 is 2.35 bits per heavy atom. The molecule has 0 amide bonds. The molecule has 0 spiro atoms. The molecule has 0 atom stereocenters. The van der Waals surface area contributed by atoms with Crippen molar-refractivity contribution < 1.29 is 23.0 Å². The maximum atomic E-state index is 13.8. The first-order valence-electron chi connectivity index (χ1n) is 8.09. The third-order valence-corrected chi connectivity index (χ3v) is 5.62. The molecule has 0 unspecified atom stereocenters. The van der Waals surface area contributed by atoms with E-state index in [4.69, 9.17) is 0 Å². The van der Waals surface area contributed by atoms with Gasteiger partial charge in [0.1, 0.15) is 5.82 Å². The zero-order valence-electron chi connectivity index (χ0n) is 14.5. The van der Waals surface area contributed by atoms with Gasteiger partial charge in [-0.2, -0.15) is 0 Å². The summed E-state index contributed by atoms with van der Waals surface area (Å²) >= 11 is 0. The minimum atomic E-state index is -3.26. The standard InChI is InChI=1S/C19H20FNO4S/c1-12-16(9-13-3-6-15(7-4-13)26(2,24)25)17-10-14(20)5-8-18(17)21(12)11-19(22)23/h3-8,10,19,22-23H,9,11H2,1-2H3. The first-order chi connectivity index (χ1) is 12.2. The van der Waals surface area contributed by atoms with E-state index in [9.17, 15) is 23.0 Å². The highest BCUT2D eigenvalue weighted by Gasteiger charge is 2.17. The zero-order chi connectivity index (χ0) is 19.1. The van der Waals surface area contributed by atoms with Crippen LogP contribution in [0.4, 0.5) is 4.39 Å². The fourth-order valence-electron chi connectivity index (χ4n) is 3.20. The van der Waals surface area contributed by atoms with Crippen LogP contribution in [0.2, 0.25) is 0 Å². The van der Waals surface area contributed by atoms with Crippen LogP contribution in [-0.4, -0.2) is 35.7 Å². The first kappa shape index (κ1) is 18.6. The summed E-state index contributed by atoms with van der Waals surface area (Å²) < 4.78 is 38.7. The fraction of sp³-hybridized carbons (Fsp3) is 0.263. The van der Waals surface area contributed by atoms with Gasteiger partial charge < -0.3 is 14.8 Å². The highest BCUT2D eigenvalue weighted by molar-refractivity contribution is 7.90. The molecule has 3 aromatic rings. The molecule has 0 aliphatic carbocycles. The summed E-state index contributed by atoms with van der Waals surface area (Å²) in [6, 6.07) is 11.0. The Labute approximate surface area is 151 Å². The van der Waals surface area contributed by atoms with Gasteiger partial charge in [0.25, 0.3) is 0 Å². The molecule has 1 heterocycles. The van der Waals surface area contributed by atoms with Crippen LogP contribution in [0.3, 0.4) is 0 Å². The molecule has 7 heteroatoms. The molecule has 0 fully saturated rings. The number of sulfone groups is 1. The van der Waals surface area contributed by atoms with E-state index in [1.807, 2.05) is 6.92 Å². The average molecular weight is 377 g/mol. The van der Waals surface area contributed by atoms with Crippen LogP contribution in [-0.2, 0) is 22.8 Å². The number of nitrogens with zero attached hydrogens (tertiary/aromatic N) is 1. The molecule has 0 aliphatic rings. The molecular formula is C19H20FNO4S. The molecule has 0 saturated carbocycles. The summed E-state index contributed by atoms with van der Waals surface area (Å²) in [5.41, 5.74) is 3.28. The molecule has 5 nitrogen and oxygen atoms in total. The van der Waals surface area contributed by atoms with E-state index in [1.54, 1.807) is 34.9 Å². The van der Waals surface area contributed by atoms with E-state index >= 15 is 0 Å². The van der Waals surface area contributed by atoms with Crippen molar-refractivity contribution >= 4 is 20.7 Å². The number of hydrogen-bond donors (Lipinski definition) is 2. The Morgan fingerprint density at radius 1 is 1.12 bits per heavy atom. The van der Waals surface area contributed by atoms with E-state index < -0.39 is 16.1 Å². The van der Waals surface area contributed by atoms with E-state index in [2.05, 4.69) is 0 Å². The van der Waals surface area contributed by atoms with Gasteiger partial charge in [-0.25, -0.2) is 12.8 Å². The molecule has 0 radical (unpaired) electrons. The van der Waals surface area contributed by atoms with Crippen LogP contribution in [0, 0.1) is 12.7 Å². The van der Waals surface area contributed by atoms with Gasteiger partial charge in [0.05, 0.1) is 11.4 Å². The lowest BCUT2D eigenvalue weighted by Gasteiger charge is -2.10. The second kappa shape index (κ2) is 6.83. The van der Waals surface area contributed by atoms with Crippen molar-refractivity contribution in [1.82, 2.24) is 4.57 Å². The van der Waals surface area contributed by atoms with Crippen LogP contribution in [0.5, 0.6) is 0 Å². The van der Waals surface area contributed by atoms with Crippen molar-refractivity contribution in [2.45, 2.75) is 31.1 Å². The summed E-state index contributed by atoms with van der Waals surface area (Å²) in [7, 11) is -3.26. The summed E-state index contributed by atoms with van der Waals surface area (Å²) in [6.45, 7) is 1.83. The third kappa shape index (κ3) is 3.65. The summed E-state index contributed by atoms with van der Waals surface area (Å²) in [5, 5.41) is 19.4. The van der Waals surface area contributed by atoms with Gasteiger partial charge in [-0.05, 0) is 54.8 Å². The Bertz CT molecular complexity index is 1050. The van der Waals surface area contributed by atoms with Gasteiger partial charge >= 0.3 is 0 Å². The fourth-order valence-corrected chi connectivity index (χ4v) is 3.83. The van der Waals surface area contributed by atoms with Gasteiger partial charge in [-0.1, -0.05) is 12.1 Å². The number of aromatic nitrogens is 1. The third-order valence-electron chi connectivity index (χ3n) is 4.49. The Morgan fingerprint density at radius 2 is 1.77 bits per heavy atom. The van der Waals surface area contributed by atoms with Crippen molar-refractivity contribution in [1.29, 1.82) is 0 Å². The topological polar surface area (TPSA) is 79.5 Å². The van der Waals surface area contributed by atoms with E-state index in [1.165, 1.54) is 12.1 Å². The monoisotopic (exact) mass is 377 g/mol. The quantitative estimate of drug-likeness (QED) is 0.669. The smallest absolute Gasteiger partial charge is 0.175 e. The Balaban J connectivity index is 2.07. The van der Waals surface area contributed by atoms with Crippen LogP contribution in [0.25, 0.3) is 10.9 Å². The number of rotatable bonds is 5. The number of aliphatic hydroxyl groups is 2. The zero-order valence-corrected chi connectivity index (χ0v) is 15.3. The predicted molar refractivity (Wildman–Crippen MR) is 97.2 cm³/mol. The average Bonchev–Trinajstić information content (AvgIpc) is 2.79. The largest absolute Gasteiger partial charge is 0.367 e. The molecule has 2 N–H and O–H groups in total. The summed E-state index contributed by atoms with van der Waals surface area (Å²) in [6.07, 6.45) is 0.115. The second-order valence-electron chi connectivity index (χ2n) is 6.41. The van der Waals surface area contributed by atoms with Crippen LogP contribution < -0.4 is 0 Å². The Hall–Kier alpha value is -2.22. The van der Waals surface area contributed by atoms with Crippen molar-refractivity contribution in [3.05, 3.63) is 65.1 Å². The van der Waals surface area contributed by atoms with Crippen molar-refractivity contribution in [3.63, 3.8) is 0 Å². The molecule has 2 aromatic carbocycles. The minimum absolute atomic E-state index is 0.0129. The highest BCUT2D eigenvalue weighted by atomic mass is 32.2. The molecule has 1 aromatic heterocycles. The minimum Gasteiger partial charge on any atom is -0.367 e. The van der Waals surface area contributed by atoms with Crippen molar-refractivity contribution in [3.8, 4) is 0 Å². The van der Waals surface area contributed by atoms with E-state index in [0.29, 0.717) is 11.8 Å². The van der Waals surface area contributed by atoms with Crippen LogP contribution in [0.1, 0.15) is 16.8 Å². The molecule has 26 heavy (non-hydrogen) atoms. The number of halogens is 1. The van der Waals surface area contributed by atoms with Gasteiger partial charge in [0.2, 0.25) is 0 Å². The highest BCUT2D eigenvalue weighted by Crippen LogP contribution is 2.29. The second-order valence-corrected chi connectivity index (χ2v) is 8.43. The number of fused-ring (bicyclic) bond motifs is 1. The number of benzene rings is 2. The maximum Gasteiger partial charge on any atom is 0.175 e. The SMILES string of the molecule is Cc1c(Cc2ccc(S(C)(=O)=O)cc2)c2cc(F)ccc2n1CC(O)O. The Kier molecular flexibility index (Phi) is 4.88. The lowest BCUT2D eigenvalue weighted by Crippen LogP contribution is -2.15. The lowest BCUT2D eigenvalue weighted by molar-refractivity contribution is -0.0508. The molecule has 0 aliphatic heterocycles. The van der Waals surface area contributed by atoms with Gasteiger partial charge in [0, 0.05) is 22.9 Å². The van der Waals surface area contributed by atoms with Crippen molar-refractivity contribution in [2.24, 2.45) is 0 Å². The van der Waals surface area contributed by atoms with E-state index in [0.717, 1.165) is 28.6 Å². The molecule has 3 rings (SSSR count). The summed E-state index contributed by atoms with van der Waals surface area (Å²) in [4.78, 5) is 0.245. The van der Waals surface area contributed by atoms with Gasteiger partial charge in [-0.15, -0.1) is 0 Å². The van der Waals surface area contributed by atoms with Crippen LogP contribution >= 0.6 is 0 Å². The lowest BCUT2D eigenvalue weighted by atomic mass is 10.0. The molecular weight excluding hydrogens is 357 g/mol. The first-order valence-corrected chi connectivity index (χ1v) is 9.98. The van der Waals surface area contributed by atoms with E-state index in [-0.39, 0.29) is 17.3 Å². The van der Waals surface area contributed by atoms with Crippen molar-refractivity contribution in [2.75, 3.05) is 6.26 Å². The normalized spacial score (nSPS) is 12.2. The molecule has 138 valence electrons. The number of aliphatic hydroxyl groups excluding tert-OH is 1. The molecule has 0 saturated heterocycles. The van der Waals surface area contributed by atoms with Crippen LogP contribution in [0.15, 0.2) is 47.4 Å². The maximum absolute atomic E-state index is 13.8. The predicted octanol–water partition coefficient (Wildman–Crippen LogP) is 2.39. The van der Waals surface area contributed by atoms with Gasteiger partial charge in [-0.3, -0.25) is 0 Å². The van der Waals surface area contributed by atoms with Gasteiger partial charge in [0.15, 0.2) is 16.1 Å². The molecule has 0 bridgehead atoms.